The number of carbonyl (C=O) groups excluding carboxylic acids is 1. The van der Waals surface area contributed by atoms with Crippen molar-refractivity contribution < 1.29 is 13.2 Å². The molecule has 0 bridgehead atoms. The van der Waals surface area contributed by atoms with Gasteiger partial charge in [-0.2, -0.15) is 4.31 Å². The molecule has 1 aromatic carbocycles. The van der Waals surface area contributed by atoms with Gasteiger partial charge in [-0.3, -0.25) is 9.69 Å². The Balaban J connectivity index is 1.97. The van der Waals surface area contributed by atoms with Crippen LogP contribution in [0.4, 0.5) is 0 Å². The number of rotatable bonds is 5. The molecule has 1 aliphatic rings. The largest absolute Gasteiger partial charge is 0.368 e. The third-order valence-corrected chi connectivity index (χ3v) is 5.99. The van der Waals surface area contributed by atoms with E-state index in [9.17, 15) is 13.2 Å². The summed E-state index contributed by atoms with van der Waals surface area (Å²) in [5, 5.41) is 0.579. The van der Waals surface area contributed by atoms with Gasteiger partial charge in [0.25, 0.3) is 0 Å². The maximum Gasteiger partial charge on any atom is 0.234 e. The molecule has 6 nitrogen and oxygen atoms in total. The van der Waals surface area contributed by atoms with E-state index in [1.165, 1.54) is 4.31 Å². The Bertz CT molecular complexity index is 625. The summed E-state index contributed by atoms with van der Waals surface area (Å²) in [6.07, 6.45) is 0. The second-order valence-corrected chi connectivity index (χ2v) is 7.80. The maximum absolute atomic E-state index is 12.4. The molecule has 0 aliphatic carbocycles. The molecule has 2 rings (SSSR count). The molecular weight excluding hydrogens is 326 g/mol. The van der Waals surface area contributed by atoms with Crippen molar-refractivity contribution in [3.05, 3.63) is 34.9 Å². The number of hydrogen-bond donors (Lipinski definition) is 1. The lowest BCUT2D eigenvalue weighted by molar-refractivity contribution is -0.123. The van der Waals surface area contributed by atoms with Crippen LogP contribution in [-0.2, 0) is 20.6 Å². The highest BCUT2D eigenvalue weighted by Gasteiger charge is 2.30. The average Bonchev–Trinajstić information content (AvgIpc) is 2.48. The molecule has 1 aromatic rings. The van der Waals surface area contributed by atoms with E-state index in [1.807, 2.05) is 4.90 Å². The van der Waals surface area contributed by atoms with Crippen LogP contribution in [0.1, 0.15) is 12.5 Å². The van der Waals surface area contributed by atoms with Gasteiger partial charge >= 0.3 is 0 Å². The molecule has 0 spiro atoms. The molecule has 1 unspecified atom stereocenters. The van der Waals surface area contributed by atoms with Gasteiger partial charge in [-0.1, -0.05) is 23.7 Å². The van der Waals surface area contributed by atoms with Crippen LogP contribution in [0.15, 0.2) is 24.3 Å². The number of hydrogen-bond acceptors (Lipinski definition) is 4. The van der Waals surface area contributed by atoms with Crippen molar-refractivity contribution in [2.75, 3.05) is 26.2 Å². The lowest BCUT2D eigenvalue weighted by Gasteiger charge is -2.36. The number of halogens is 1. The fraction of sp³-hybridized carbons (Fsp3) is 0.500. The molecule has 1 amide bonds. The van der Waals surface area contributed by atoms with E-state index < -0.39 is 15.9 Å². The highest BCUT2D eigenvalue weighted by atomic mass is 35.5. The zero-order valence-electron chi connectivity index (χ0n) is 12.4. The van der Waals surface area contributed by atoms with E-state index in [1.54, 1.807) is 31.2 Å². The number of sulfonamides is 1. The van der Waals surface area contributed by atoms with Gasteiger partial charge in [0.15, 0.2) is 0 Å². The smallest absolute Gasteiger partial charge is 0.234 e. The van der Waals surface area contributed by atoms with Crippen molar-refractivity contribution in [2.45, 2.75) is 18.7 Å². The van der Waals surface area contributed by atoms with Crippen LogP contribution in [0.3, 0.4) is 0 Å². The summed E-state index contributed by atoms with van der Waals surface area (Å²) in [7, 11) is -3.37. The quantitative estimate of drug-likeness (QED) is 0.849. The highest BCUT2D eigenvalue weighted by molar-refractivity contribution is 7.88. The molecule has 2 N–H and O–H groups in total. The Morgan fingerprint density at radius 1 is 1.23 bits per heavy atom. The van der Waals surface area contributed by atoms with Gasteiger partial charge in [-0.25, -0.2) is 8.42 Å². The van der Waals surface area contributed by atoms with Crippen molar-refractivity contribution in [2.24, 2.45) is 5.73 Å². The monoisotopic (exact) mass is 345 g/mol. The minimum atomic E-state index is -3.37. The minimum Gasteiger partial charge on any atom is -0.368 e. The number of nitrogens with zero attached hydrogens (tertiary/aromatic N) is 2. The first-order valence-electron chi connectivity index (χ1n) is 7.05. The molecule has 22 heavy (non-hydrogen) atoms. The van der Waals surface area contributed by atoms with Gasteiger partial charge in [-0.15, -0.1) is 0 Å². The summed E-state index contributed by atoms with van der Waals surface area (Å²) in [5.41, 5.74) is 5.98. The first-order chi connectivity index (χ1) is 10.3. The number of amides is 1. The summed E-state index contributed by atoms with van der Waals surface area (Å²) in [6.45, 7) is 3.48. The topological polar surface area (TPSA) is 83.7 Å². The van der Waals surface area contributed by atoms with Crippen molar-refractivity contribution in [1.29, 1.82) is 0 Å². The van der Waals surface area contributed by atoms with Crippen LogP contribution in [0.25, 0.3) is 0 Å². The standard InChI is InChI=1S/C14H20ClN3O3S/c1-11(14(16)19)17-6-8-18(9-7-17)22(20,21)10-12-2-4-13(15)5-3-12/h2-5,11H,6-10H2,1H3,(H2,16,19). The minimum absolute atomic E-state index is 0.0461. The van der Waals surface area contributed by atoms with Crippen molar-refractivity contribution in [3.63, 3.8) is 0 Å². The Kier molecular flexibility index (Phi) is 5.44. The van der Waals surface area contributed by atoms with Crippen LogP contribution in [0.5, 0.6) is 0 Å². The highest BCUT2D eigenvalue weighted by Crippen LogP contribution is 2.16. The molecule has 1 aliphatic heterocycles. The summed E-state index contributed by atoms with van der Waals surface area (Å²) in [4.78, 5) is 13.1. The second kappa shape index (κ2) is 6.95. The molecule has 0 saturated carbocycles. The van der Waals surface area contributed by atoms with Crippen LogP contribution in [0, 0.1) is 0 Å². The van der Waals surface area contributed by atoms with Gasteiger partial charge < -0.3 is 5.73 Å². The maximum atomic E-state index is 12.4. The van der Waals surface area contributed by atoms with Crippen LogP contribution < -0.4 is 5.73 Å². The van der Waals surface area contributed by atoms with E-state index in [2.05, 4.69) is 0 Å². The Labute approximate surface area is 135 Å². The SMILES string of the molecule is CC(C(N)=O)N1CCN(S(=O)(=O)Cc2ccc(Cl)cc2)CC1. The molecule has 1 fully saturated rings. The number of carbonyl (C=O) groups is 1. The molecule has 8 heteroatoms. The number of nitrogens with two attached hydrogens (primary N) is 1. The molecule has 1 saturated heterocycles. The van der Waals surface area contributed by atoms with Gasteiger partial charge in [0, 0.05) is 31.2 Å². The fourth-order valence-electron chi connectivity index (χ4n) is 2.43. The number of piperazine rings is 1. The van der Waals surface area contributed by atoms with Gasteiger partial charge in [0.2, 0.25) is 15.9 Å². The zero-order chi connectivity index (χ0) is 16.3. The van der Waals surface area contributed by atoms with Crippen molar-refractivity contribution in [1.82, 2.24) is 9.21 Å². The lowest BCUT2D eigenvalue weighted by Crippen LogP contribution is -2.54. The first kappa shape index (κ1) is 17.2. The van der Waals surface area contributed by atoms with Gasteiger partial charge in [0.1, 0.15) is 0 Å². The normalized spacial score (nSPS) is 19.0. The van der Waals surface area contributed by atoms with E-state index >= 15 is 0 Å². The second-order valence-electron chi connectivity index (χ2n) is 5.40. The first-order valence-corrected chi connectivity index (χ1v) is 9.04. The van der Waals surface area contributed by atoms with Crippen molar-refractivity contribution >= 4 is 27.5 Å². The fourth-order valence-corrected chi connectivity index (χ4v) is 4.07. The summed E-state index contributed by atoms with van der Waals surface area (Å²) < 4.78 is 26.3. The van der Waals surface area contributed by atoms with E-state index in [4.69, 9.17) is 17.3 Å². The summed E-state index contributed by atoms with van der Waals surface area (Å²) in [5.74, 6) is -0.437. The summed E-state index contributed by atoms with van der Waals surface area (Å²) in [6, 6.07) is 6.41. The van der Waals surface area contributed by atoms with Gasteiger partial charge in [0.05, 0.1) is 11.8 Å². The predicted molar refractivity (Wildman–Crippen MR) is 85.9 cm³/mol. The number of primary amides is 1. The third kappa shape index (κ3) is 4.19. The molecule has 122 valence electrons. The van der Waals surface area contributed by atoms with Crippen molar-refractivity contribution in [3.8, 4) is 0 Å². The van der Waals surface area contributed by atoms with Crippen LogP contribution in [0.2, 0.25) is 5.02 Å². The Morgan fingerprint density at radius 3 is 2.27 bits per heavy atom. The molecule has 0 radical (unpaired) electrons. The van der Waals surface area contributed by atoms with E-state index in [0.717, 1.165) is 0 Å². The Hall–Kier alpha value is -1.15. The number of benzene rings is 1. The molecule has 0 aromatic heterocycles. The van der Waals surface area contributed by atoms with E-state index in [-0.39, 0.29) is 11.8 Å². The molecule has 1 atom stereocenters. The predicted octanol–water partition coefficient (Wildman–Crippen LogP) is 0.661. The van der Waals surface area contributed by atoms with Gasteiger partial charge in [-0.05, 0) is 24.6 Å². The third-order valence-electron chi connectivity index (χ3n) is 3.89. The molecule has 1 heterocycles. The lowest BCUT2D eigenvalue weighted by atomic mass is 10.2. The zero-order valence-corrected chi connectivity index (χ0v) is 14.0. The molecular formula is C14H20ClN3O3S. The Morgan fingerprint density at radius 2 is 1.77 bits per heavy atom. The average molecular weight is 346 g/mol. The van der Waals surface area contributed by atoms with Crippen LogP contribution in [-0.4, -0.2) is 55.8 Å². The van der Waals surface area contributed by atoms with E-state index in [0.29, 0.717) is 36.8 Å². The van der Waals surface area contributed by atoms with Crippen LogP contribution >= 0.6 is 11.6 Å². The summed E-state index contributed by atoms with van der Waals surface area (Å²) >= 11 is 5.80.